The topological polar surface area (TPSA) is 35.6 Å². The van der Waals surface area contributed by atoms with Gasteiger partial charge in [0.15, 0.2) is 0 Å². The fourth-order valence-electron chi connectivity index (χ4n) is 2.45. The number of halogens is 1. The summed E-state index contributed by atoms with van der Waals surface area (Å²) in [6.45, 7) is 4.27. The molecule has 3 heterocycles. The summed E-state index contributed by atoms with van der Waals surface area (Å²) in [5.41, 5.74) is 0. The number of amides is 2. The summed E-state index contributed by atoms with van der Waals surface area (Å²) in [6, 6.07) is 2.65. The monoisotopic (exact) mass is 315 g/mol. The van der Waals surface area contributed by atoms with Crippen molar-refractivity contribution in [1.82, 2.24) is 15.1 Å². The standard InChI is InChI=1S/C11H14BrN3OS/c12-8-3-10(17-7-8)6-14-5-9-4-13-1-2-15(9)11(14)16/h3,7,9,13H,1-2,4-6H2. The lowest BCUT2D eigenvalue weighted by Gasteiger charge is -2.28. The van der Waals surface area contributed by atoms with E-state index in [-0.39, 0.29) is 6.03 Å². The van der Waals surface area contributed by atoms with E-state index in [4.69, 9.17) is 0 Å². The maximum absolute atomic E-state index is 12.2. The first-order chi connectivity index (χ1) is 8.24. The number of thiophene rings is 1. The molecule has 0 aliphatic carbocycles. The highest BCUT2D eigenvalue weighted by molar-refractivity contribution is 9.10. The zero-order chi connectivity index (χ0) is 11.8. The van der Waals surface area contributed by atoms with Gasteiger partial charge in [0.1, 0.15) is 0 Å². The maximum Gasteiger partial charge on any atom is 0.320 e. The highest BCUT2D eigenvalue weighted by Crippen LogP contribution is 2.24. The molecule has 1 aromatic rings. The predicted octanol–water partition coefficient (Wildman–Crippen LogP) is 1.72. The van der Waals surface area contributed by atoms with Crippen LogP contribution < -0.4 is 5.32 Å². The van der Waals surface area contributed by atoms with E-state index in [0.717, 1.165) is 37.2 Å². The molecule has 1 atom stereocenters. The van der Waals surface area contributed by atoms with Crippen LogP contribution in [0, 0.1) is 0 Å². The highest BCUT2D eigenvalue weighted by Gasteiger charge is 2.38. The summed E-state index contributed by atoms with van der Waals surface area (Å²) in [4.78, 5) is 17.4. The Morgan fingerprint density at radius 3 is 3.18 bits per heavy atom. The third kappa shape index (κ3) is 2.21. The molecule has 0 saturated carbocycles. The molecule has 0 radical (unpaired) electrons. The third-order valence-corrected chi connectivity index (χ3v) is 4.95. The van der Waals surface area contributed by atoms with Crippen LogP contribution in [0.3, 0.4) is 0 Å². The first kappa shape index (κ1) is 11.5. The molecule has 1 aromatic heterocycles. The zero-order valence-electron chi connectivity index (χ0n) is 9.36. The molecular formula is C11H14BrN3OS. The van der Waals surface area contributed by atoms with Crippen molar-refractivity contribution in [3.8, 4) is 0 Å². The summed E-state index contributed by atoms with van der Waals surface area (Å²) in [7, 11) is 0. The number of hydrogen-bond donors (Lipinski definition) is 1. The number of fused-ring (bicyclic) bond motifs is 1. The number of hydrogen-bond acceptors (Lipinski definition) is 3. The largest absolute Gasteiger partial charge is 0.320 e. The van der Waals surface area contributed by atoms with Crippen LogP contribution in [-0.4, -0.2) is 48.1 Å². The molecule has 6 heteroatoms. The summed E-state index contributed by atoms with van der Waals surface area (Å²) in [6.07, 6.45) is 0. The molecule has 2 saturated heterocycles. The molecule has 0 spiro atoms. The summed E-state index contributed by atoms with van der Waals surface area (Å²) in [5, 5.41) is 5.40. The molecule has 3 rings (SSSR count). The van der Waals surface area contributed by atoms with Gasteiger partial charge in [-0.15, -0.1) is 11.3 Å². The number of carbonyl (C=O) groups excluding carboxylic acids is 1. The van der Waals surface area contributed by atoms with E-state index >= 15 is 0 Å². The van der Waals surface area contributed by atoms with Crippen molar-refractivity contribution in [3.63, 3.8) is 0 Å². The summed E-state index contributed by atoms with van der Waals surface area (Å²) in [5.74, 6) is 0. The molecule has 1 unspecified atom stereocenters. The molecule has 2 aliphatic rings. The van der Waals surface area contributed by atoms with Gasteiger partial charge in [0, 0.05) is 40.9 Å². The molecule has 0 bridgehead atoms. The maximum atomic E-state index is 12.2. The second-order valence-corrected chi connectivity index (χ2v) is 6.36. The molecule has 1 N–H and O–H groups in total. The van der Waals surface area contributed by atoms with Gasteiger partial charge in [0.2, 0.25) is 0 Å². The Bertz CT molecular complexity index is 436. The smallest absolute Gasteiger partial charge is 0.317 e. The van der Waals surface area contributed by atoms with Gasteiger partial charge in [-0.2, -0.15) is 0 Å². The Kier molecular flexibility index (Phi) is 3.10. The van der Waals surface area contributed by atoms with Gasteiger partial charge in [0.25, 0.3) is 0 Å². The number of carbonyl (C=O) groups is 1. The molecule has 2 amide bonds. The van der Waals surface area contributed by atoms with Crippen molar-refractivity contribution in [2.24, 2.45) is 0 Å². The second-order valence-electron chi connectivity index (χ2n) is 4.45. The van der Waals surface area contributed by atoms with E-state index in [1.807, 2.05) is 9.80 Å². The van der Waals surface area contributed by atoms with Crippen LogP contribution in [0.15, 0.2) is 15.9 Å². The van der Waals surface area contributed by atoms with E-state index in [2.05, 4.69) is 32.7 Å². The van der Waals surface area contributed by atoms with Crippen LogP contribution in [0.25, 0.3) is 0 Å². The normalized spacial score (nSPS) is 24.3. The van der Waals surface area contributed by atoms with Crippen molar-refractivity contribution >= 4 is 33.3 Å². The summed E-state index contributed by atoms with van der Waals surface area (Å²) < 4.78 is 1.10. The van der Waals surface area contributed by atoms with Crippen molar-refractivity contribution < 1.29 is 4.79 Å². The van der Waals surface area contributed by atoms with Crippen LogP contribution in [0.5, 0.6) is 0 Å². The Morgan fingerprint density at radius 1 is 1.59 bits per heavy atom. The number of rotatable bonds is 2. The Morgan fingerprint density at radius 2 is 2.47 bits per heavy atom. The van der Waals surface area contributed by atoms with Gasteiger partial charge in [-0.1, -0.05) is 0 Å². The van der Waals surface area contributed by atoms with Crippen molar-refractivity contribution in [1.29, 1.82) is 0 Å². The predicted molar refractivity (Wildman–Crippen MR) is 71.2 cm³/mol. The average Bonchev–Trinajstić information content (AvgIpc) is 2.86. The van der Waals surface area contributed by atoms with Crippen LogP contribution >= 0.6 is 27.3 Å². The quantitative estimate of drug-likeness (QED) is 0.902. The lowest BCUT2D eigenvalue weighted by Crippen LogP contribution is -2.49. The lowest BCUT2D eigenvalue weighted by molar-refractivity contribution is 0.178. The van der Waals surface area contributed by atoms with Crippen molar-refractivity contribution in [2.75, 3.05) is 26.2 Å². The fourth-order valence-corrected chi connectivity index (χ4v) is 3.91. The Hall–Kier alpha value is -0.590. The van der Waals surface area contributed by atoms with E-state index in [1.165, 1.54) is 4.88 Å². The average molecular weight is 316 g/mol. The first-order valence-electron chi connectivity index (χ1n) is 5.73. The van der Waals surface area contributed by atoms with Crippen LogP contribution in [0.4, 0.5) is 4.79 Å². The van der Waals surface area contributed by atoms with Crippen LogP contribution in [0.1, 0.15) is 4.88 Å². The highest BCUT2D eigenvalue weighted by atomic mass is 79.9. The van der Waals surface area contributed by atoms with E-state index in [1.54, 1.807) is 11.3 Å². The lowest BCUT2D eigenvalue weighted by atomic mass is 10.2. The van der Waals surface area contributed by atoms with Crippen molar-refractivity contribution in [3.05, 3.63) is 20.8 Å². The van der Waals surface area contributed by atoms with Gasteiger partial charge < -0.3 is 15.1 Å². The van der Waals surface area contributed by atoms with Gasteiger partial charge in [-0.3, -0.25) is 0 Å². The minimum absolute atomic E-state index is 0.195. The minimum Gasteiger partial charge on any atom is -0.317 e. The van der Waals surface area contributed by atoms with Crippen molar-refractivity contribution in [2.45, 2.75) is 12.6 Å². The number of nitrogens with zero attached hydrogens (tertiary/aromatic N) is 2. The van der Waals surface area contributed by atoms with Gasteiger partial charge >= 0.3 is 6.03 Å². The number of urea groups is 1. The fraction of sp³-hybridized carbons (Fsp3) is 0.545. The molecule has 17 heavy (non-hydrogen) atoms. The molecule has 4 nitrogen and oxygen atoms in total. The summed E-state index contributed by atoms with van der Waals surface area (Å²) >= 11 is 5.14. The van der Waals surface area contributed by atoms with Gasteiger partial charge in [-0.05, 0) is 22.0 Å². The third-order valence-electron chi connectivity index (χ3n) is 3.27. The molecule has 0 aromatic carbocycles. The minimum atomic E-state index is 0.195. The van der Waals surface area contributed by atoms with E-state index in [9.17, 15) is 4.79 Å². The van der Waals surface area contributed by atoms with Gasteiger partial charge in [-0.25, -0.2) is 4.79 Å². The first-order valence-corrected chi connectivity index (χ1v) is 7.40. The number of nitrogens with one attached hydrogen (secondary N) is 1. The zero-order valence-corrected chi connectivity index (χ0v) is 11.8. The number of piperazine rings is 1. The van der Waals surface area contributed by atoms with Crippen LogP contribution in [-0.2, 0) is 6.54 Å². The SMILES string of the molecule is O=C1N(Cc2cc(Br)cs2)CC2CNCCN12. The van der Waals surface area contributed by atoms with E-state index in [0.29, 0.717) is 6.04 Å². The Labute approximate surface area is 113 Å². The van der Waals surface area contributed by atoms with Crippen LogP contribution in [0.2, 0.25) is 0 Å². The molecule has 2 fully saturated rings. The molecule has 92 valence electrons. The Balaban J connectivity index is 1.70. The second kappa shape index (κ2) is 4.59. The van der Waals surface area contributed by atoms with E-state index < -0.39 is 0 Å². The van der Waals surface area contributed by atoms with Gasteiger partial charge in [0.05, 0.1) is 12.6 Å². The molecular weight excluding hydrogens is 302 g/mol. The molecule has 2 aliphatic heterocycles.